The molecule has 2 fully saturated rings. The zero-order valence-electron chi connectivity index (χ0n) is 11.4. The van der Waals surface area contributed by atoms with Crippen LogP contribution in [0.5, 0.6) is 0 Å². The lowest BCUT2D eigenvalue weighted by Crippen LogP contribution is -2.49. The number of halogens is 1. The van der Waals surface area contributed by atoms with Crippen LogP contribution in [0.1, 0.15) is 31.2 Å². The van der Waals surface area contributed by atoms with Gasteiger partial charge in [0.2, 0.25) is 10.0 Å². The van der Waals surface area contributed by atoms with Crippen molar-refractivity contribution in [1.29, 1.82) is 5.26 Å². The van der Waals surface area contributed by atoms with E-state index in [1.54, 1.807) is 4.31 Å². The van der Waals surface area contributed by atoms with E-state index >= 15 is 0 Å². The summed E-state index contributed by atoms with van der Waals surface area (Å²) in [5.74, 6) is 0. The molecule has 0 aromatic heterocycles. The molecule has 2 aliphatic rings. The van der Waals surface area contributed by atoms with Crippen LogP contribution >= 0.6 is 11.6 Å². The van der Waals surface area contributed by atoms with Gasteiger partial charge in [-0.2, -0.15) is 9.57 Å². The quantitative estimate of drug-likeness (QED) is 0.899. The van der Waals surface area contributed by atoms with Gasteiger partial charge in [-0.05, 0) is 43.9 Å². The molecule has 0 aliphatic carbocycles. The van der Waals surface area contributed by atoms with Gasteiger partial charge in [0.05, 0.1) is 15.5 Å². The van der Waals surface area contributed by atoms with Gasteiger partial charge in [-0.3, -0.25) is 0 Å². The lowest BCUT2D eigenvalue weighted by atomic mass is 10.0. The van der Waals surface area contributed by atoms with Crippen molar-refractivity contribution in [3.8, 4) is 6.07 Å². The fourth-order valence-electron chi connectivity index (χ4n) is 3.44. The monoisotopic (exact) mass is 325 g/mol. The number of sulfonamides is 1. The number of piperidine rings is 1. The van der Waals surface area contributed by atoms with Gasteiger partial charge in [0.1, 0.15) is 6.07 Å². The molecule has 2 bridgehead atoms. The maximum atomic E-state index is 12.9. The van der Waals surface area contributed by atoms with Gasteiger partial charge in [-0.1, -0.05) is 11.6 Å². The topological polar surface area (TPSA) is 87.2 Å². The van der Waals surface area contributed by atoms with E-state index in [0.717, 1.165) is 12.8 Å². The number of nitriles is 1. The Bertz CT molecular complexity index is 699. The van der Waals surface area contributed by atoms with Gasteiger partial charge >= 0.3 is 0 Å². The molecule has 7 heteroatoms. The third kappa shape index (κ3) is 2.44. The average molecular weight is 326 g/mol. The fourth-order valence-corrected chi connectivity index (χ4v) is 5.64. The van der Waals surface area contributed by atoms with Gasteiger partial charge in [-0.25, -0.2) is 8.42 Å². The van der Waals surface area contributed by atoms with E-state index in [1.807, 2.05) is 6.07 Å². The Morgan fingerprint density at radius 2 is 1.90 bits per heavy atom. The van der Waals surface area contributed by atoms with E-state index in [0.29, 0.717) is 12.8 Å². The first-order chi connectivity index (χ1) is 9.93. The second-order valence-corrected chi connectivity index (χ2v) is 7.96. The van der Waals surface area contributed by atoms with Crippen molar-refractivity contribution in [2.24, 2.45) is 5.73 Å². The van der Waals surface area contributed by atoms with Crippen molar-refractivity contribution < 1.29 is 8.42 Å². The van der Waals surface area contributed by atoms with Crippen molar-refractivity contribution in [3.63, 3.8) is 0 Å². The number of benzene rings is 1. The molecule has 0 spiro atoms. The summed E-state index contributed by atoms with van der Waals surface area (Å²) in [7, 11) is -3.58. The highest BCUT2D eigenvalue weighted by Crippen LogP contribution is 2.39. The Hall–Kier alpha value is -1.13. The van der Waals surface area contributed by atoms with Gasteiger partial charge in [0.15, 0.2) is 0 Å². The number of rotatable bonds is 2. The van der Waals surface area contributed by atoms with Crippen LogP contribution in [0, 0.1) is 11.3 Å². The van der Waals surface area contributed by atoms with Gasteiger partial charge < -0.3 is 5.73 Å². The van der Waals surface area contributed by atoms with E-state index in [9.17, 15) is 8.42 Å². The second-order valence-electron chi connectivity index (χ2n) is 5.70. The maximum Gasteiger partial charge on any atom is 0.243 e. The largest absolute Gasteiger partial charge is 0.328 e. The Balaban J connectivity index is 1.98. The zero-order chi connectivity index (χ0) is 15.2. The van der Waals surface area contributed by atoms with E-state index in [-0.39, 0.29) is 33.6 Å². The first-order valence-corrected chi connectivity index (χ1v) is 8.74. The molecule has 0 radical (unpaired) electrons. The van der Waals surface area contributed by atoms with Crippen molar-refractivity contribution >= 4 is 21.6 Å². The number of nitrogens with zero attached hydrogens (tertiary/aromatic N) is 2. The van der Waals surface area contributed by atoms with Crippen molar-refractivity contribution in [2.75, 3.05) is 0 Å². The maximum absolute atomic E-state index is 12.9. The Morgan fingerprint density at radius 1 is 1.29 bits per heavy atom. The van der Waals surface area contributed by atoms with Crippen LogP contribution < -0.4 is 5.73 Å². The molecule has 2 atom stereocenters. The van der Waals surface area contributed by atoms with Crippen molar-refractivity contribution in [1.82, 2.24) is 4.31 Å². The molecule has 2 aliphatic heterocycles. The number of hydrogen-bond donors (Lipinski definition) is 1. The summed E-state index contributed by atoms with van der Waals surface area (Å²) < 4.78 is 27.3. The smallest absolute Gasteiger partial charge is 0.243 e. The minimum Gasteiger partial charge on any atom is -0.328 e. The van der Waals surface area contributed by atoms with Gasteiger partial charge in [0, 0.05) is 18.1 Å². The summed E-state index contributed by atoms with van der Waals surface area (Å²) in [6, 6.07) is 6.25. The molecular formula is C14H16ClN3O2S. The molecule has 1 aromatic carbocycles. The Labute approximate surface area is 129 Å². The van der Waals surface area contributed by atoms with E-state index in [1.165, 1.54) is 18.2 Å². The van der Waals surface area contributed by atoms with Gasteiger partial charge in [-0.15, -0.1) is 0 Å². The fraction of sp³-hybridized carbons (Fsp3) is 0.500. The minimum absolute atomic E-state index is 0.0156. The van der Waals surface area contributed by atoms with E-state index < -0.39 is 10.0 Å². The summed E-state index contributed by atoms with van der Waals surface area (Å²) >= 11 is 5.96. The second kappa shape index (κ2) is 5.25. The normalized spacial score (nSPS) is 29.3. The van der Waals surface area contributed by atoms with E-state index in [4.69, 9.17) is 22.6 Å². The molecule has 1 aromatic rings. The van der Waals surface area contributed by atoms with Crippen molar-refractivity contribution in [3.05, 3.63) is 28.8 Å². The first-order valence-electron chi connectivity index (χ1n) is 6.92. The molecule has 2 unspecified atom stereocenters. The molecule has 21 heavy (non-hydrogen) atoms. The molecule has 2 N–H and O–H groups in total. The number of nitrogens with two attached hydrogens (primary N) is 1. The number of hydrogen-bond acceptors (Lipinski definition) is 4. The molecule has 5 nitrogen and oxygen atoms in total. The van der Waals surface area contributed by atoms with E-state index in [2.05, 4.69) is 0 Å². The zero-order valence-corrected chi connectivity index (χ0v) is 12.9. The molecule has 112 valence electrons. The SMILES string of the molecule is N#Cc1ccc(S(=O)(=O)N2C3CCC2CC(N)C3)cc1Cl. The van der Waals surface area contributed by atoms with Crippen LogP contribution in [-0.2, 0) is 10.0 Å². The predicted molar refractivity (Wildman–Crippen MR) is 79.2 cm³/mol. The summed E-state index contributed by atoms with van der Waals surface area (Å²) in [6.07, 6.45) is 3.14. The summed E-state index contributed by atoms with van der Waals surface area (Å²) in [6.45, 7) is 0. The number of fused-ring (bicyclic) bond motifs is 2. The highest BCUT2D eigenvalue weighted by Gasteiger charge is 2.46. The van der Waals surface area contributed by atoms with Gasteiger partial charge in [0.25, 0.3) is 0 Å². The lowest BCUT2D eigenvalue weighted by Gasteiger charge is -2.36. The third-order valence-corrected chi connectivity index (χ3v) is 6.65. The summed E-state index contributed by atoms with van der Waals surface area (Å²) in [5.41, 5.74) is 6.26. The highest BCUT2D eigenvalue weighted by atomic mass is 35.5. The average Bonchev–Trinajstić information content (AvgIpc) is 2.72. The Morgan fingerprint density at radius 3 is 2.43 bits per heavy atom. The summed E-state index contributed by atoms with van der Waals surface area (Å²) in [4.78, 5) is 0.152. The van der Waals surface area contributed by atoms with Crippen LogP contribution in [0.2, 0.25) is 5.02 Å². The molecule has 0 amide bonds. The van der Waals surface area contributed by atoms with Crippen LogP contribution in [0.3, 0.4) is 0 Å². The van der Waals surface area contributed by atoms with Crippen LogP contribution in [0.25, 0.3) is 0 Å². The predicted octanol–water partition coefficient (Wildman–Crippen LogP) is 1.85. The van der Waals surface area contributed by atoms with Crippen molar-refractivity contribution in [2.45, 2.75) is 48.7 Å². The van der Waals surface area contributed by atoms with Crippen LogP contribution in [-0.4, -0.2) is 30.8 Å². The van der Waals surface area contributed by atoms with Crippen LogP contribution in [0.15, 0.2) is 23.1 Å². The molecule has 2 saturated heterocycles. The first kappa shape index (κ1) is 14.8. The molecule has 2 heterocycles. The standard InChI is InChI=1S/C14H16ClN3O2S/c15-14-7-13(4-1-9(14)8-16)21(19,20)18-11-2-3-12(18)6-10(17)5-11/h1,4,7,10-12H,2-3,5-6,17H2. The molecule has 0 saturated carbocycles. The lowest BCUT2D eigenvalue weighted by molar-refractivity contribution is 0.227. The summed E-state index contributed by atoms with van der Waals surface area (Å²) in [5, 5.41) is 9.04. The minimum atomic E-state index is -3.58. The van der Waals surface area contributed by atoms with Crippen LogP contribution in [0.4, 0.5) is 0 Å². The molecule has 3 rings (SSSR count). The Kier molecular flexibility index (Phi) is 3.70. The third-order valence-electron chi connectivity index (χ3n) is 4.34. The highest BCUT2D eigenvalue weighted by molar-refractivity contribution is 7.89. The molecular weight excluding hydrogens is 310 g/mol.